The van der Waals surface area contributed by atoms with Gasteiger partial charge < -0.3 is 10.7 Å². The zero-order chi connectivity index (χ0) is 17.4. The Morgan fingerprint density at radius 2 is 2.12 bits per heavy atom. The second-order valence-corrected chi connectivity index (χ2v) is 7.23. The molecule has 1 aliphatic carbocycles. The zero-order valence-corrected chi connectivity index (χ0v) is 14.2. The third kappa shape index (κ3) is 3.20. The summed E-state index contributed by atoms with van der Waals surface area (Å²) in [6.45, 7) is 1.96. The first-order valence-electron chi connectivity index (χ1n) is 9.10. The number of imidazole rings is 1. The van der Waals surface area contributed by atoms with Crippen molar-refractivity contribution in [2.75, 3.05) is 13.1 Å². The lowest BCUT2D eigenvalue weighted by atomic mass is 9.91. The number of likely N-dealkylation sites (tertiary alicyclic amines) is 1. The minimum Gasteiger partial charge on any atom is -0.347 e. The Bertz CT molecular complexity index is 731. The summed E-state index contributed by atoms with van der Waals surface area (Å²) in [6.07, 6.45) is 8.43. The maximum atomic E-state index is 13.6. The van der Waals surface area contributed by atoms with Crippen molar-refractivity contribution in [2.24, 2.45) is 5.73 Å². The molecule has 3 N–H and O–H groups in total. The predicted octanol–water partition coefficient (Wildman–Crippen LogP) is 3.27. The van der Waals surface area contributed by atoms with Crippen LogP contribution >= 0.6 is 0 Å². The molecule has 25 heavy (non-hydrogen) atoms. The van der Waals surface area contributed by atoms with Gasteiger partial charge in [-0.2, -0.15) is 0 Å². The number of aromatic amines is 1. The molecule has 0 saturated carbocycles. The molecule has 1 saturated heterocycles. The van der Waals surface area contributed by atoms with E-state index in [1.807, 2.05) is 6.20 Å². The van der Waals surface area contributed by atoms with E-state index in [0.717, 1.165) is 62.1 Å². The smallest absolute Gasteiger partial charge is 0.159 e. The lowest BCUT2D eigenvalue weighted by Gasteiger charge is -2.27. The van der Waals surface area contributed by atoms with Crippen molar-refractivity contribution in [1.82, 2.24) is 14.9 Å². The summed E-state index contributed by atoms with van der Waals surface area (Å²) in [7, 11) is 0. The number of nitrogens with one attached hydrogen (secondary N) is 1. The summed E-state index contributed by atoms with van der Waals surface area (Å²) < 4.78 is 27.0. The average molecular weight is 346 g/mol. The van der Waals surface area contributed by atoms with E-state index in [4.69, 9.17) is 5.73 Å². The van der Waals surface area contributed by atoms with Gasteiger partial charge in [0.25, 0.3) is 0 Å². The van der Waals surface area contributed by atoms with Crippen LogP contribution in [-0.2, 0) is 6.42 Å². The molecule has 2 aliphatic rings. The molecule has 1 aliphatic heterocycles. The van der Waals surface area contributed by atoms with Gasteiger partial charge in [-0.05, 0) is 67.8 Å². The highest BCUT2D eigenvalue weighted by Gasteiger charge is 2.32. The van der Waals surface area contributed by atoms with E-state index in [2.05, 4.69) is 14.9 Å². The van der Waals surface area contributed by atoms with Crippen LogP contribution in [0.3, 0.4) is 0 Å². The van der Waals surface area contributed by atoms with Gasteiger partial charge >= 0.3 is 0 Å². The van der Waals surface area contributed by atoms with E-state index in [9.17, 15) is 8.78 Å². The monoisotopic (exact) mass is 346 g/mol. The SMILES string of the molecule is NC(CCN1CCCC1c1ncc[nH]1)C1CCc2cc(F)c(F)cc21. The molecule has 2 heterocycles. The lowest BCUT2D eigenvalue weighted by molar-refractivity contribution is 0.235. The Labute approximate surface area is 146 Å². The first kappa shape index (κ1) is 16.7. The van der Waals surface area contributed by atoms with Crippen LogP contribution in [0, 0.1) is 11.6 Å². The zero-order valence-electron chi connectivity index (χ0n) is 14.2. The highest BCUT2D eigenvalue weighted by Crippen LogP contribution is 2.37. The van der Waals surface area contributed by atoms with Gasteiger partial charge in [0.2, 0.25) is 0 Å². The Balaban J connectivity index is 1.40. The van der Waals surface area contributed by atoms with Gasteiger partial charge in [-0.1, -0.05) is 0 Å². The summed E-state index contributed by atoms with van der Waals surface area (Å²) in [4.78, 5) is 10.0. The number of nitrogens with two attached hydrogens (primary N) is 1. The largest absolute Gasteiger partial charge is 0.347 e. The van der Waals surface area contributed by atoms with Gasteiger partial charge in [0, 0.05) is 25.0 Å². The Morgan fingerprint density at radius 1 is 1.28 bits per heavy atom. The van der Waals surface area contributed by atoms with E-state index < -0.39 is 11.6 Å². The number of hydrogen-bond acceptors (Lipinski definition) is 3. The molecule has 134 valence electrons. The van der Waals surface area contributed by atoms with E-state index in [0.29, 0.717) is 6.04 Å². The summed E-state index contributed by atoms with van der Waals surface area (Å²) in [5, 5.41) is 0. The number of hydrogen-bond donors (Lipinski definition) is 2. The Morgan fingerprint density at radius 3 is 2.92 bits per heavy atom. The van der Waals surface area contributed by atoms with Crippen LogP contribution in [0.5, 0.6) is 0 Å². The molecule has 6 heteroatoms. The summed E-state index contributed by atoms with van der Waals surface area (Å²) in [5.74, 6) is -0.383. The first-order valence-corrected chi connectivity index (χ1v) is 9.10. The number of H-pyrrole nitrogens is 1. The molecule has 3 atom stereocenters. The van der Waals surface area contributed by atoms with Gasteiger partial charge in [0.1, 0.15) is 5.82 Å². The maximum Gasteiger partial charge on any atom is 0.159 e. The number of aromatic nitrogens is 2. The normalized spacial score (nSPS) is 24.6. The molecular formula is C19H24F2N4. The van der Waals surface area contributed by atoms with Crippen LogP contribution in [0.1, 0.15) is 54.6 Å². The molecule has 1 aromatic carbocycles. The van der Waals surface area contributed by atoms with Crippen molar-refractivity contribution in [2.45, 2.75) is 50.1 Å². The van der Waals surface area contributed by atoms with Crippen molar-refractivity contribution in [3.8, 4) is 0 Å². The van der Waals surface area contributed by atoms with Crippen LogP contribution in [0.25, 0.3) is 0 Å². The fourth-order valence-electron chi connectivity index (χ4n) is 4.46. The molecule has 0 spiro atoms. The number of nitrogens with zero attached hydrogens (tertiary/aromatic N) is 2. The first-order chi connectivity index (χ1) is 12.1. The maximum absolute atomic E-state index is 13.6. The van der Waals surface area contributed by atoms with Crippen LogP contribution in [-0.4, -0.2) is 34.0 Å². The number of benzene rings is 1. The molecule has 3 unspecified atom stereocenters. The molecule has 0 radical (unpaired) electrons. The van der Waals surface area contributed by atoms with E-state index >= 15 is 0 Å². The molecular weight excluding hydrogens is 322 g/mol. The number of rotatable bonds is 5. The van der Waals surface area contributed by atoms with Crippen LogP contribution in [0.15, 0.2) is 24.5 Å². The third-order valence-electron chi connectivity index (χ3n) is 5.77. The van der Waals surface area contributed by atoms with E-state index in [1.54, 1.807) is 6.20 Å². The molecule has 2 aromatic rings. The summed E-state index contributed by atoms with van der Waals surface area (Å²) in [6, 6.07) is 2.99. The fraction of sp³-hybridized carbons (Fsp3) is 0.526. The summed E-state index contributed by atoms with van der Waals surface area (Å²) >= 11 is 0. The molecule has 1 fully saturated rings. The average Bonchev–Trinajstić information content (AvgIpc) is 3.33. The fourth-order valence-corrected chi connectivity index (χ4v) is 4.46. The molecule has 1 aromatic heterocycles. The van der Waals surface area contributed by atoms with Gasteiger partial charge in [0.15, 0.2) is 11.6 Å². The van der Waals surface area contributed by atoms with Crippen molar-refractivity contribution in [3.05, 3.63) is 53.1 Å². The van der Waals surface area contributed by atoms with Crippen molar-refractivity contribution < 1.29 is 8.78 Å². The van der Waals surface area contributed by atoms with Crippen molar-refractivity contribution in [3.63, 3.8) is 0 Å². The second kappa shape index (κ2) is 6.84. The molecule has 0 amide bonds. The van der Waals surface area contributed by atoms with Gasteiger partial charge in [-0.15, -0.1) is 0 Å². The van der Waals surface area contributed by atoms with Crippen molar-refractivity contribution in [1.29, 1.82) is 0 Å². The van der Waals surface area contributed by atoms with E-state index in [-0.39, 0.29) is 12.0 Å². The molecule has 4 rings (SSSR count). The minimum absolute atomic E-state index is 0.0380. The Hall–Kier alpha value is -1.79. The second-order valence-electron chi connectivity index (χ2n) is 7.23. The van der Waals surface area contributed by atoms with Gasteiger partial charge in [-0.3, -0.25) is 4.90 Å². The highest BCUT2D eigenvalue weighted by atomic mass is 19.2. The van der Waals surface area contributed by atoms with Crippen LogP contribution in [0.2, 0.25) is 0 Å². The standard InChI is InChI=1S/C19H24F2N4/c20-15-10-12-3-4-13(14(12)11-16(15)21)17(22)5-9-25-8-1-2-18(25)19-23-6-7-24-19/h6-7,10-11,13,17-18H,1-5,8-9,22H2,(H,23,24). The highest BCUT2D eigenvalue weighted by molar-refractivity contribution is 5.37. The molecule has 4 nitrogen and oxygen atoms in total. The lowest BCUT2D eigenvalue weighted by Crippen LogP contribution is -2.34. The topological polar surface area (TPSA) is 57.9 Å². The quantitative estimate of drug-likeness (QED) is 0.874. The Kier molecular flexibility index (Phi) is 4.56. The van der Waals surface area contributed by atoms with Crippen LogP contribution < -0.4 is 5.73 Å². The van der Waals surface area contributed by atoms with Crippen molar-refractivity contribution >= 4 is 0 Å². The van der Waals surface area contributed by atoms with Crippen LogP contribution in [0.4, 0.5) is 8.78 Å². The third-order valence-corrected chi connectivity index (χ3v) is 5.77. The molecule has 0 bridgehead atoms. The van der Waals surface area contributed by atoms with E-state index in [1.165, 1.54) is 12.1 Å². The van der Waals surface area contributed by atoms with Gasteiger partial charge in [0.05, 0.1) is 6.04 Å². The predicted molar refractivity (Wildman–Crippen MR) is 92.1 cm³/mol. The number of aryl methyl sites for hydroxylation is 1. The minimum atomic E-state index is -0.768. The summed E-state index contributed by atoms with van der Waals surface area (Å²) in [5.41, 5.74) is 8.27. The number of fused-ring (bicyclic) bond motifs is 1. The number of halogens is 2. The van der Waals surface area contributed by atoms with Gasteiger partial charge in [-0.25, -0.2) is 13.8 Å².